The summed E-state index contributed by atoms with van der Waals surface area (Å²) in [6, 6.07) is 5.17. The highest BCUT2D eigenvalue weighted by Crippen LogP contribution is 2.33. The summed E-state index contributed by atoms with van der Waals surface area (Å²) in [6.45, 7) is 1.12. The first-order chi connectivity index (χ1) is 12.7. The molecule has 2 amide bonds. The van der Waals surface area contributed by atoms with Crippen molar-refractivity contribution >= 4 is 39.7 Å². The lowest BCUT2D eigenvalue weighted by Gasteiger charge is -2.38. The van der Waals surface area contributed by atoms with Gasteiger partial charge in [-0.15, -0.1) is 12.4 Å². The summed E-state index contributed by atoms with van der Waals surface area (Å²) in [6.07, 6.45) is 1.75. The van der Waals surface area contributed by atoms with Gasteiger partial charge in [0, 0.05) is 19.8 Å². The Balaban J connectivity index is 0.00000280. The van der Waals surface area contributed by atoms with Gasteiger partial charge >= 0.3 is 0 Å². The molecule has 0 aliphatic carbocycles. The third-order valence-electron chi connectivity index (χ3n) is 5.62. The molecule has 10 heteroatoms. The van der Waals surface area contributed by atoms with Crippen LogP contribution in [0.15, 0.2) is 24.3 Å². The van der Waals surface area contributed by atoms with Gasteiger partial charge in [-0.05, 0) is 44.5 Å². The molecule has 7 nitrogen and oxygen atoms in total. The molecular formula is C18H25ClFN3O4S. The first-order valence-corrected chi connectivity index (χ1v) is 10.8. The highest BCUT2D eigenvalue weighted by atomic mass is 35.5. The number of anilines is 1. The minimum atomic E-state index is -3.67. The SMILES string of the molecule is CN(C(=O)C1(S(C)(=O)=O)CCNCC1)C1CCN(c2ccccc2F)C1=O.Cl. The summed E-state index contributed by atoms with van der Waals surface area (Å²) < 4.78 is 37.5. The number of nitrogens with one attached hydrogen (secondary N) is 1. The van der Waals surface area contributed by atoms with Gasteiger partial charge in [0.05, 0.1) is 5.69 Å². The maximum Gasteiger partial charge on any atom is 0.249 e. The number of para-hydroxylation sites is 1. The van der Waals surface area contributed by atoms with Gasteiger partial charge in [-0.2, -0.15) is 0 Å². The van der Waals surface area contributed by atoms with Crippen molar-refractivity contribution in [1.29, 1.82) is 0 Å². The maximum absolute atomic E-state index is 14.0. The lowest BCUT2D eigenvalue weighted by Crippen LogP contribution is -2.60. The van der Waals surface area contributed by atoms with Crippen LogP contribution in [0.1, 0.15) is 19.3 Å². The van der Waals surface area contributed by atoms with Crippen LogP contribution in [0.3, 0.4) is 0 Å². The molecule has 1 atom stereocenters. The number of hydrogen-bond acceptors (Lipinski definition) is 5. The first kappa shape index (κ1) is 22.6. The quantitative estimate of drug-likeness (QED) is 0.764. The van der Waals surface area contributed by atoms with Crippen molar-refractivity contribution < 1.29 is 22.4 Å². The summed E-state index contributed by atoms with van der Waals surface area (Å²) in [5.74, 6) is -1.46. The van der Waals surface area contributed by atoms with Gasteiger partial charge in [0.2, 0.25) is 11.8 Å². The van der Waals surface area contributed by atoms with Gasteiger partial charge < -0.3 is 15.1 Å². The van der Waals surface area contributed by atoms with E-state index in [1.165, 1.54) is 29.0 Å². The summed E-state index contributed by atoms with van der Waals surface area (Å²) in [4.78, 5) is 28.6. The Hall–Kier alpha value is -1.71. The molecule has 1 unspecified atom stereocenters. The predicted octanol–water partition coefficient (Wildman–Crippen LogP) is 0.978. The molecular weight excluding hydrogens is 409 g/mol. The molecule has 0 bridgehead atoms. The average molecular weight is 434 g/mol. The number of nitrogens with zero attached hydrogens (tertiary/aromatic N) is 2. The number of amides is 2. The topological polar surface area (TPSA) is 86.8 Å². The summed E-state index contributed by atoms with van der Waals surface area (Å²) in [5, 5.41) is 3.07. The van der Waals surface area contributed by atoms with Crippen molar-refractivity contribution in [3.05, 3.63) is 30.1 Å². The number of carbonyl (C=O) groups excluding carboxylic acids is 2. The molecule has 0 radical (unpaired) electrons. The molecule has 3 rings (SSSR count). The second-order valence-electron chi connectivity index (χ2n) is 7.18. The van der Waals surface area contributed by atoms with Crippen LogP contribution in [0.5, 0.6) is 0 Å². The number of likely N-dealkylation sites (N-methyl/N-ethyl adjacent to an activating group) is 1. The average Bonchev–Trinajstić information content (AvgIpc) is 3.02. The van der Waals surface area contributed by atoms with Crippen LogP contribution in [0.25, 0.3) is 0 Å². The van der Waals surface area contributed by atoms with Crippen LogP contribution in [0, 0.1) is 5.82 Å². The molecule has 0 aromatic heterocycles. The number of piperidine rings is 1. The molecule has 2 aliphatic rings. The molecule has 2 aliphatic heterocycles. The molecule has 1 aromatic rings. The molecule has 0 saturated carbocycles. The zero-order chi connectivity index (χ0) is 19.8. The largest absolute Gasteiger partial charge is 0.332 e. The van der Waals surface area contributed by atoms with Crippen molar-refractivity contribution in [3.8, 4) is 0 Å². The molecule has 156 valence electrons. The van der Waals surface area contributed by atoms with Crippen LogP contribution in [-0.2, 0) is 19.4 Å². The van der Waals surface area contributed by atoms with Gasteiger partial charge in [0.15, 0.2) is 14.6 Å². The second-order valence-corrected chi connectivity index (χ2v) is 9.50. The Morgan fingerprint density at radius 1 is 1.29 bits per heavy atom. The van der Waals surface area contributed by atoms with Gasteiger partial charge in [-0.3, -0.25) is 9.59 Å². The van der Waals surface area contributed by atoms with Crippen LogP contribution >= 0.6 is 12.4 Å². The Morgan fingerprint density at radius 2 is 1.89 bits per heavy atom. The molecule has 2 fully saturated rings. The Labute approximate surface area is 170 Å². The number of benzene rings is 1. The fourth-order valence-corrected chi connectivity index (χ4v) is 5.38. The number of halogens is 2. The molecule has 2 heterocycles. The normalized spacial score (nSPS) is 21.9. The molecule has 28 heavy (non-hydrogen) atoms. The van der Waals surface area contributed by atoms with Crippen molar-refractivity contribution in [2.75, 3.05) is 37.8 Å². The number of hydrogen-bond donors (Lipinski definition) is 1. The maximum atomic E-state index is 14.0. The molecule has 2 saturated heterocycles. The van der Waals surface area contributed by atoms with Crippen molar-refractivity contribution in [2.24, 2.45) is 0 Å². The Morgan fingerprint density at radius 3 is 2.46 bits per heavy atom. The van der Waals surface area contributed by atoms with Crippen LogP contribution in [-0.4, -0.2) is 68.9 Å². The third kappa shape index (κ3) is 3.75. The van der Waals surface area contributed by atoms with E-state index in [4.69, 9.17) is 0 Å². The zero-order valence-corrected chi connectivity index (χ0v) is 17.5. The van der Waals surface area contributed by atoms with E-state index in [1.807, 2.05) is 0 Å². The molecule has 0 spiro atoms. The fourth-order valence-electron chi connectivity index (χ4n) is 3.97. The van der Waals surface area contributed by atoms with Crippen molar-refractivity contribution in [1.82, 2.24) is 10.2 Å². The molecule has 1 N–H and O–H groups in total. The number of sulfone groups is 1. The summed E-state index contributed by atoms with van der Waals surface area (Å²) >= 11 is 0. The minimum Gasteiger partial charge on any atom is -0.332 e. The Bertz CT molecular complexity index is 858. The van der Waals surface area contributed by atoms with Gasteiger partial charge in [-0.25, -0.2) is 12.8 Å². The predicted molar refractivity (Wildman–Crippen MR) is 107 cm³/mol. The Kier molecular flexibility index (Phi) is 6.73. The van der Waals surface area contributed by atoms with E-state index in [-0.39, 0.29) is 37.5 Å². The van der Waals surface area contributed by atoms with Crippen molar-refractivity contribution in [3.63, 3.8) is 0 Å². The highest BCUT2D eigenvalue weighted by molar-refractivity contribution is 7.92. The summed E-state index contributed by atoms with van der Waals surface area (Å²) in [7, 11) is -2.20. The zero-order valence-electron chi connectivity index (χ0n) is 15.9. The lowest BCUT2D eigenvalue weighted by molar-refractivity contribution is -0.139. The van der Waals surface area contributed by atoms with E-state index in [0.717, 1.165) is 6.26 Å². The highest BCUT2D eigenvalue weighted by Gasteiger charge is 2.52. The van der Waals surface area contributed by atoms with E-state index in [0.29, 0.717) is 19.5 Å². The van der Waals surface area contributed by atoms with Gasteiger partial charge in [0.1, 0.15) is 11.9 Å². The second kappa shape index (κ2) is 8.34. The monoisotopic (exact) mass is 433 g/mol. The van der Waals surface area contributed by atoms with Crippen LogP contribution < -0.4 is 10.2 Å². The van der Waals surface area contributed by atoms with E-state index in [2.05, 4.69) is 5.32 Å². The van der Waals surface area contributed by atoms with Crippen LogP contribution in [0.4, 0.5) is 10.1 Å². The van der Waals surface area contributed by atoms with E-state index in [1.54, 1.807) is 12.1 Å². The smallest absolute Gasteiger partial charge is 0.249 e. The number of carbonyl (C=O) groups is 2. The van der Waals surface area contributed by atoms with Crippen LogP contribution in [0.2, 0.25) is 0 Å². The van der Waals surface area contributed by atoms with E-state index < -0.39 is 38.3 Å². The number of rotatable bonds is 4. The van der Waals surface area contributed by atoms with Crippen molar-refractivity contribution in [2.45, 2.75) is 30.1 Å². The van der Waals surface area contributed by atoms with E-state index >= 15 is 0 Å². The first-order valence-electron chi connectivity index (χ1n) is 8.92. The standard InChI is InChI=1S/C18H24FN3O4S.ClH/c1-21(17(24)18(27(2,25)26)8-10-20-11-9-18)15-7-12-22(16(15)23)14-6-4-3-5-13(14)19;/h3-6,15,20H,7-12H2,1-2H3;1H. The molecule has 1 aromatic carbocycles. The fraction of sp³-hybridized carbons (Fsp3) is 0.556. The third-order valence-corrected chi connectivity index (χ3v) is 7.62. The minimum absolute atomic E-state index is 0. The van der Waals surface area contributed by atoms with Gasteiger partial charge in [-0.1, -0.05) is 12.1 Å². The van der Waals surface area contributed by atoms with Gasteiger partial charge in [0.25, 0.3) is 0 Å². The summed E-state index contributed by atoms with van der Waals surface area (Å²) in [5.41, 5.74) is 0.172. The lowest BCUT2D eigenvalue weighted by atomic mass is 9.94. The van der Waals surface area contributed by atoms with E-state index in [9.17, 15) is 22.4 Å².